The van der Waals surface area contributed by atoms with Crippen molar-refractivity contribution in [1.82, 2.24) is 0 Å². The van der Waals surface area contributed by atoms with Crippen LogP contribution in [-0.2, 0) is 16.0 Å². The van der Waals surface area contributed by atoms with Crippen LogP contribution >= 0.6 is 11.6 Å². The highest BCUT2D eigenvalue weighted by atomic mass is 35.5. The third-order valence-corrected chi connectivity index (χ3v) is 5.24. The molecule has 1 heterocycles. The maximum Gasteiger partial charge on any atom is 0.343 e. The Morgan fingerprint density at radius 3 is 2.57 bits per heavy atom. The Morgan fingerprint density at radius 1 is 1.10 bits per heavy atom. The van der Waals surface area contributed by atoms with E-state index in [1.807, 2.05) is 6.07 Å². The van der Waals surface area contributed by atoms with Crippen LogP contribution in [0.2, 0.25) is 5.02 Å². The van der Waals surface area contributed by atoms with Crippen molar-refractivity contribution in [2.75, 3.05) is 13.7 Å². The molecule has 0 bridgehead atoms. The predicted octanol–water partition coefficient (Wildman–Crippen LogP) is 5.79. The molecule has 0 saturated heterocycles. The lowest BCUT2D eigenvalue weighted by Gasteiger charge is -2.12. The van der Waals surface area contributed by atoms with Crippen LogP contribution in [0.1, 0.15) is 38.2 Å². The molecule has 0 aliphatic heterocycles. The number of methoxy groups -OCH3 is 1. The van der Waals surface area contributed by atoms with Crippen LogP contribution in [0.3, 0.4) is 0 Å². The quantitative estimate of drug-likeness (QED) is 0.319. The highest BCUT2D eigenvalue weighted by molar-refractivity contribution is 6.30. The first kappa shape index (κ1) is 21.9. The first-order chi connectivity index (χ1) is 14.5. The molecule has 1 aromatic heterocycles. The van der Waals surface area contributed by atoms with Crippen LogP contribution in [0.15, 0.2) is 51.9 Å². The predicted molar refractivity (Wildman–Crippen MR) is 118 cm³/mol. The summed E-state index contributed by atoms with van der Waals surface area (Å²) in [6, 6.07) is 10.6. The third kappa shape index (κ3) is 5.22. The zero-order valence-electron chi connectivity index (χ0n) is 17.2. The molecule has 0 saturated carbocycles. The molecule has 0 spiro atoms. The molecule has 0 aliphatic rings. The number of aryl methyl sites for hydroxylation is 1. The van der Waals surface area contributed by atoms with Crippen molar-refractivity contribution in [3.63, 3.8) is 0 Å². The van der Waals surface area contributed by atoms with E-state index in [1.165, 1.54) is 13.4 Å². The summed E-state index contributed by atoms with van der Waals surface area (Å²) in [5.41, 5.74) is 2.38. The zero-order chi connectivity index (χ0) is 21.5. The van der Waals surface area contributed by atoms with E-state index in [0.717, 1.165) is 43.2 Å². The molecule has 158 valence electrons. The van der Waals surface area contributed by atoms with Gasteiger partial charge in [0.1, 0.15) is 17.6 Å². The largest absolute Gasteiger partial charge is 0.481 e. The van der Waals surface area contributed by atoms with Crippen LogP contribution in [0.5, 0.6) is 5.75 Å². The SMILES string of the molecule is CCCCCCc1cc2c(=O)c(-c3ccc(Cl)cc3)coc2cc1OCC(=O)OC. The highest BCUT2D eigenvalue weighted by Gasteiger charge is 2.15. The number of hydrogen-bond acceptors (Lipinski definition) is 5. The standard InChI is InChI=1S/C24H25ClO5/c1-3-4-5-6-7-17-12-19-22(13-21(17)30-15-23(26)28-2)29-14-20(24(19)27)16-8-10-18(25)11-9-16/h8-14H,3-7,15H2,1-2H3. The Labute approximate surface area is 180 Å². The van der Waals surface area contributed by atoms with Crippen LogP contribution in [0.4, 0.5) is 0 Å². The minimum atomic E-state index is -0.466. The summed E-state index contributed by atoms with van der Waals surface area (Å²) in [6.07, 6.45) is 6.53. The summed E-state index contributed by atoms with van der Waals surface area (Å²) in [7, 11) is 1.31. The number of unbranched alkanes of at least 4 members (excludes halogenated alkanes) is 3. The molecular weight excluding hydrogens is 404 g/mol. The number of fused-ring (bicyclic) bond motifs is 1. The molecule has 0 radical (unpaired) electrons. The summed E-state index contributed by atoms with van der Waals surface area (Å²) < 4.78 is 16.1. The summed E-state index contributed by atoms with van der Waals surface area (Å²) in [5.74, 6) is 0.0679. The average Bonchev–Trinajstić information content (AvgIpc) is 2.76. The van der Waals surface area contributed by atoms with Crippen molar-refractivity contribution < 1.29 is 18.7 Å². The van der Waals surface area contributed by atoms with Gasteiger partial charge in [0, 0.05) is 11.1 Å². The van der Waals surface area contributed by atoms with Gasteiger partial charge in [0.05, 0.1) is 18.1 Å². The van der Waals surface area contributed by atoms with Gasteiger partial charge >= 0.3 is 5.97 Å². The van der Waals surface area contributed by atoms with Gasteiger partial charge in [-0.1, -0.05) is 49.9 Å². The first-order valence-electron chi connectivity index (χ1n) is 10.1. The molecule has 3 aromatic rings. The second kappa shape index (κ2) is 10.3. The van der Waals surface area contributed by atoms with E-state index in [4.69, 9.17) is 20.8 Å². The summed E-state index contributed by atoms with van der Waals surface area (Å²) in [6.45, 7) is 1.96. The molecule has 30 heavy (non-hydrogen) atoms. The highest BCUT2D eigenvalue weighted by Crippen LogP contribution is 2.29. The van der Waals surface area contributed by atoms with Crippen LogP contribution in [0.25, 0.3) is 22.1 Å². The van der Waals surface area contributed by atoms with Crippen molar-refractivity contribution in [3.8, 4) is 16.9 Å². The number of esters is 1. The molecule has 0 unspecified atom stereocenters. The Balaban J connectivity index is 2.01. The van der Waals surface area contributed by atoms with Gasteiger partial charge in [-0.05, 0) is 42.2 Å². The summed E-state index contributed by atoms with van der Waals surface area (Å²) in [5, 5.41) is 1.09. The van der Waals surface area contributed by atoms with Crippen molar-refractivity contribution in [2.45, 2.75) is 39.0 Å². The van der Waals surface area contributed by atoms with Crippen LogP contribution in [-0.4, -0.2) is 19.7 Å². The molecule has 5 nitrogen and oxygen atoms in total. The molecule has 6 heteroatoms. The van der Waals surface area contributed by atoms with Gasteiger partial charge in [-0.2, -0.15) is 0 Å². The first-order valence-corrected chi connectivity index (χ1v) is 10.4. The Morgan fingerprint density at radius 2 is 1.87 bits per heavy atom. The van der Waals surface area contributed by atoms with E-state index in [2.05, 4.69) is 11.7 Å². The van der Waals surface area contributed by atoms with Crippen molar-refractivity contribution in [3.05, 3.63) is 63.5 Å². The number of halogens is 1. The number of carbonyl (C=O) groups excluding carboxylic acids is 1. The lowest BCUT2D eigenvalue weighted by atomic mass is 10.0. The number of rotatable bonds is 9. The van der Waals surface area contributed by atoms with E-state index < -0.39 is 5.97 Å². The molecule has 0 N–H and O–H groups in total. The Kier molecular flexibility index (Phi) is 7.52. The minimum absolute atomic E-state index is 0.118. The maximum atomic E-state index is 13.2. The monoisotopic (exact) mass is 428 g/mol. The van der Waals surface area contributed by atoms with Gasteiger partial charge in [0.15, 0.2) is 6.61 Å². The van der Waals surface area contributed by atoms with Crippen LogP contribution in [0, 0.1) is 0 Å². The molecule has 0 fully saturated rings. The van der Waals surface area contributed by atoms with E-state index in [-0.39, 0.29) is 12.0 Å². The molecule has 0 atom stereocenters. The third-order valence-electron chi connectivity index (χ3n) is 4.98. The van der Waals surface area contributed by atoms with E-state index in [9.17, 15) is 9.59 Å². The fraction of sp³-hybridized carbons (Fsp3) is 0.333. The maximum absolute atomic E-state index is 13.2. The average molecular weight is 429 g/mol. The normalized spacial score (nSPS) is 10.9. The molecule has 0 aliphatic carbocycles. The lowest BCUT2D eigenvalue weighted by molar-refractivity contribution is -0.142. The number of ether oxygens (including phenoxy) is 2. The van der Waals surface area contributed by atoms with Gasteiger partial charge < -0.3 is 13.9 Å². The zero-order valence-corrected chi connectivity index (χ0v) is 18.0. The molecule has 3 rings (SSSR count). The fourth-order valence-electron chi connectivity index (χ4n) is 3.30. The summed E-state index contributed by atoms with van der Waals surface area (Å²) in [4.78, 5) is 24.7. The molecule has 2 aromatic carbocycles. The summed E-state index contributed by atoms with van der Waals surface area (Å²) >= 11 is 5.96. The van der Waals surface area contributed by atoms with Crippen molar-refractivity contribution in [1.29, 1.82) is 0 Å². The number of benzene rings is 2. The van der Waals surface area contributed by atoms with E-state index in [1.54, 1.807) is 30.3 Å². The van der Waals surface area contributed by atoms with Crippen molar-refractivity contribution >= 4 is 28.5 Å². The van der Waals surface area contributed by atoms with Crippen molar-refractivity contribution in [2.24, 2.45) is 0 Å². The lowest BCUT2D eigenvalue weighted by Crippen LogP contribution is -2.14. The van der Waals surface area contributed by atoms with E-state index >= 15 is 0 Å². The van der Waals surface area contributed by atoms with Gasteiger partial charge in [0.25, 0.3) is 0 Å². The topological polar surface area (TPSA) is 65.7 Å². The molecule has 0 amide bonds. The Hall–Kier alpha value is -2.79. The van der Waals surface area contributed by atoms with Gasteiger partial charge in [-0.25, -0.2) is 4.79 Å². The van der Waals surface area contributed by atoms with Crippen LogP contribution < -0.4 is 10.2 Å². The molecular formula is C24H25ClO5. The number of carbonyl (C=O) groups is 1. The second-order valence-corrected chi connectivity index (χ2v) is 7.55. The van der Waals surface area contributed by atoms with Gasteiger partial charge in [0.2, 0.25) is 5.43 Å². The fourth-order valence-corrected chi connectivity index (χ4v) is 3.42. The van der Waals surface area contributed by atoms with E-state index in [0.29, 0.717) is 27.3 Å². The van der Waals surface area contributed by atoms with Gasteiger partial charge in [-0.15, -0.1) is 0 Å². The Bertz CT molecular complexity index is 1070. The minimum Gasteiger partial charge on any atom is -0.481 e. The van der Waals surface area contributed by atoms with Gasteiger partial charge in [-0.3, -0.25) is 4.79 Å². The number of hydrogen-bond donors (Lipinski definition) is 0. The smallest absolute Gasteiger partial charge is 0.343 e. The second-order valence-electron chi connectivity index (χ2n) is 7.12.